The number of aromatic nitrogens is 2. The molecule has 1 aromatic heterocycles. The Labute approximate surface area is 109 Å². The van der Waals surface area contributed by atoms with E-state index in [2.05, 4.69) is 0 Å². The fourth-order valence-electron chi connectivity index (χ4n) is 1.62. The molecule has 0 radical (unpaired) electrons. The topological polar surface area (TPSA) is 96.4 Å². The van der Waals surface area contributed by atoms with Gasteiger partial charge in [-0.25, -0.2) is 4.79 Å². The Morgan fingerprint density at radius 2 is 2.11 bits per heavy atom. The quantitative estimate of drug-likeness (QED) is 0.565. The maximum atomic E-state index is 12.1. The molecule has 0 aliphatic rings. The zero-order chi connectivity index (χ0) is 14.6. The van der Waals surface area contributed by atoms with E-state index >= 15 is 0 Å². The smallest absolute Gasteiger partial charge is 0.350 e. The highest BCUT2D eigenvalue weighted by Gasteiger charge is 2.21. The highest BCUT2D eigenvalue weighted by molar-refractivity contribution is 5.22. The van der Waals surface area contributed by atoms with Crippen molar-refractivity contribution in [2.75, 3.05) is 7.11 Å². The number of rotatable bonds is 6. The van der Waals surface area contributed by atoms with Crippen LogP contribution < -0.4 is 11.2 Å². The van der Waals surface area contributed by atoms with E-state index in [4.69, 9.17) is 4.74 Å². The summed E-state index contributed by atoms with van der Waals surface area (Å²) in [6.45, 7) is 3.63. The van der Waals surface area contributed by atoms with Gasteiger partial charge in [-0.2, -0.15) is 0 Å². The van der Waals surface area contributed by atoms with Crippen molar-refractivity contribution in [2.24, 2.45) is 0 Å². The van der Waals surface area contributed by atoms with Crippen LogP contribution in [-0.2, 0) is 11.3 Å². The summed E-state index contributed by atoms with van der Waals surface area (Å²) < 4.78 is 6.91. The second kappa shape index (κ2) is 6.28. The van der Waals surface area contributed by atoms with Crippen LogP contribution in [0.5, 0.6) is 0 Å². The molecule has 0 aliphatic heterocycles. The molecule has 1 unspecified atom stereocenters. The van der Waals surface area contributed by atoms with Gasteiger partial charge >= 0.3 is 16.9 Å². The van der Waals surface area contributed by atoms with Gasteiger partial charge in [0.05, 0.1) is 11.1 Å². The molecule has 8 nitrogen and oxygen atoms in total. The van der Waals surface area contributed by atoms with Crippen molar-refractivity contribution in [3.63, 3.8) is 0 Å². The molecule has 0 amide bonds. The summed E-state index contributed by atoms with van der Waals surface area (Å²) in [7, 11) is 1.38. The minimum atomic E-state index is -0.872. The maximum absolute atomic E-state index is 12.1. The van der Waals surface area contributed by atoms with Crippen molar-refractivity contribution in [3.8, 4) is 0 Å². The fraction of sp³-hybridized carbons (Fsp3) is 0.636. The Morgan fingerprint density at radius 1 is 1.47 bits per heavy atom. The Bertz CT molecular complexity index is 575. The fourth-order valence-corrected chi connectivity index (χ4v) is 1.62. The van der Waals surface area contributed by atoms with Gasteiger partial charge in [-0.3, -0.25) is 24.0 Å². The largest absolute Gasteiger partial charge is 0.361 e. The minimum absolute atomic E-state index is 0.159. The van der Waals surface area contributed by atoms with E-state index in [1.165, 1.54) is 7.11 Å². The van der Waals surface area contributed by atoms with E-state index in [0.717, 1.165) is 21.8 Å². The number of nitrogens with zero attached hydrogens (tertiary/aromatic N) is 3. The summed E-state index contributed by atoms with van der Waals surface area (Å²) in [5.74, 6) is 0. The van der Waals surface area contributed by atoms with Gasteiger partial charge in [0.2, 0.25) is 0 Å². The predicted octanol–water partition coefficient (Wildman–Crippen LogP) is 0.883. The molecule has 1 rings (SSSR count). The lowest BCUT2D eigenvalue weighted by molar-refractivity contribution is -0.387. The first-order valence-corrected chi connectivity index (χ1v) is 5.97. The molecule has 8 heteroatoms. The molecule has 1 aromatic rings. The third kappa shape index (κ3) is 3.08. The summed E-state index contributed by atoms with van der Waals surface area (Å²) in [6.07, 6.45) is 1.62. The van der Waals surface area contributed by atoms with Crippen molar-refractivity contribution in [3.05, 3.63) is 37.1 Å². The average molecular weight is 271 g/mol. The van der Waals surface area contributed by atoms with Crippen molar-refractivity contribution >= 4 is 5.69 Å². The van der Waals surface area contributed by atoms with Gasteiger partial charge in [0.25, 0.3) is 0 Å². The molecule has 0 saturated carbocycles. The second-order valence-corrected chi connectivity index (χ2v) is 4.11. The van der Waals surface area contributed by atoms with Crippen molar-refractivity contribution < 1.29 is 9.66 Å². The first-order chi connectivity index (χ1) is 8.93. The number of ether oxygens (including phenoxy) is 1. The van der Waals surface area contributed by atoms with E-state index in [1.54, 1.807) is 6.92 Å². The number of hydrogen-bond donors (Lipinski definition) is 0. The maximum Gasteiger partial charge on any atom is 0.350 e. The summed E-state index contributed by atoms with van der Waals surface area (Å²) in [6, 6.07) is 0. The normalized spacial score (nSPS) is 12.4. The molecule has 0 saturated heterocycles. The highest BCUT2D eigenvalue weighted by Crippen LogP contribution is 2.07. The zero-order valence-electron chi connectivity index (χ0n) is 11.2. The van der Waals surface area contributed by atoms with E-state index in [1.807, 2.05) is 6.92 Å². The van der Waals surface area contributed by atoms with Crippen molar-refractivity contribution in [1.82, 2.24) is 9.13 Å². The van der Waals surface area contributed by atoms with Crippen LogP contribution >= 0.6 is 0 Å². The first-order valence-electron chi connectivity index (χ1n) is 5.97. The van der Waals surface area contributed by atoms with Crippen LogP contribution in [-0.4, -0.2) is 21.2 Å². The Kier molecular flexibility index (Phi) is 4.99. The van der Waals surface area contributed by atoms with E-state index < -0.39 is 28.1 Å². The lowest BCUT2D eigenvalue weighted by atomic mass is 10.3. The van der Waals surface area contributed by atoms with Gasteiger partial charge in [0.1, 0.15) is 6.23 Å². The molecule has 19 heavy (non-hydrogen) atoms. The lowest BCUT2D eigenvalue weighted by Gasteiger charge is -2.14. The molecule has 0 spiro atoms. The van der Waals surface area contributed by atoms with E-state index in [9.17, 15) is 19.7 Å². The molecular weight excluding hydrogens is 254 g/mol. The first kappa shape index (κ1) is 15.1. The molecule has 0 fully saturated rings. The SMILES string of the molecule is CCCCn1c(=O)c([N+](=O)[O-])cn(C(C)OC)c1=O. The van der Waals surface area contributed by atoms with Crippen LogP contribution in [0.3, 0.4) is 0 Å². The van der Waals surface area contributed by atoms with Crippen molar-refractivity contribution in [2.45, 2.75) is 39.5 Å². The number of hydrogen-bond acceptors (Lipinski definition) is 5. The summed E-state index contributed by atoms with van der Waals surface area (Å²) in [4.78, 5) is 34.0. The average Bonchev–Trinajstić information content (AvgIpc) is 2.37. The second-order valence-electron chi connectivity index (χ2n) is 4.11. The summed E-state index contributed by atoms with van der Waals surface area (Å²) in [5.41, 5.74) is -2.10. The number of unbranched alkanes of at least 4 members (excludes halogenated alkanes) is 1. The van der Waals surface area contributed by atoms with Crippen LogP contribution in [0.4, 0.5) is 5.69 Å². The highest BCUT2D eigenvalue weighted by atomic mass is 16.6. The van der Waals surface area contributed by atoms with Gasteiger partial charge in [0.15, 0.2) is 0 Å². The molecule has 0 N–H and O–H groups in total. The minimum Gasteiger partial charge on any atom is -0.361 e. The molecular formula is C11H17N3O5. The van der Waals surface area contributed by atoms with Gasteiger partial charge in [0, 0.05) is 13.7 Å². The third-order valence-corrected chi connectivity index (χ3v) is 2.84. The zero-order valence-corrected chi connectivity index (χ0v) is 11.2. The van der Waals surface area contributed by atoms with Crippen LogP contribution in [0.1, 0.15) is 32.9 Å². The molecule has 1 heterocycles. The molecule has 0 aromatic carbocycles. The Morgan fingerprint density at radius 3 is 2.58 bits per heavy atom. The standard InChI is InChI=1S/C11H17N3O5/c1-4-5-6-12-10(15)9(14(17)18)7-13(11(12)16)8(2)19-3/h7-8H,4-6H2,1-3H3. The van der Waals surface area contributed by atoms with Crippen LogP contribution in [0.2, 0.25) is 0 Å². The monoisotopic (exact) mass is 271 g/mol. The van der Waals surface area contributed by atoms with Gasteiger partial charge in [-0.15, -0.1) is 0 Å². The van der Waals surface area contributed by atoms with E-state index in [-0.39, 0.29) is 6.54 Å². The Balaban J connectivity index is 3.51. The number of methoxy groups -OCH3 is 1. The van der Waals surface area contributed by atoms with Crippen LogP contribution in [0.25, 0.3) is 0 Å². The van der Waals surface area contributed by atoms with Crippen LogP contribution in [0, 0.1) is 10.1 Å². The Hall–Kier alpha value is -1.96. The summed E-state index contributed by atoms with van der Waals surface area (Å²) in [5, 5.41) is 10.9. The van der Waals surface area contributed by atoms with Gasteiger partial charge in [-0.05, 0) is 13.3 Å². The molecule has 0 bridgehead atoms. The molecule has 1 atom stereocenters. The summed E-state index contributed by atoms with van der Waals surface area (Å²) >= 11 is 0. The predicted molar refractivity (Wildman–Crippen MR) is 68.2 cm³/mol. The van der Waals surface area contributed by atoms with Crippen molar-refractivity contribution in [1.29, 1.82) is 0 Å². The number of nitro groups is 1. The molecule has 106 valence electrons. The van der Waals surface area contributed by atoms with Crippen LogP contribution in [0.15, 0.2) is 15.8 Å². The lowest BCUT2D eigenvalue weighted by Crippen LogP contribution is -2.41. The van der Waals surface area contributed by atoms with Gasteiger partial charge in [-0.1, -0.05) is 13.3 Å². The van der Waals surface area contributed by atoms with E-state index in [0.29, 0.717) is 6.42 Å². The van der Waals surface area contributed by atoms with Gasteiger partial charge < -0.3 is 4.74 Å². The third-order valence-electron chi connectivity index (χ3n) is 2.84. The molecule has 0 aliphatic carbocycles.